The fourth-order valence-corrected chi connectivity index (χ4v) is 3.87. The minimum Gasteiger partial charge on any atom is -0.385 e. The van der Waals surface area contributed by atoms with Crippen LogP contribution in [0.5, 0.6) is 0 Å². The van der Waals surface area contributed by atoms with Crippen LogP contribution in [0.2, 0.25) is 0 Å². The molecule has 98 valence electrons. The van der Waals surface area contributed by atoms with Gasteiger partial charge in [-0.2, -0.15) is 0 Å². The van der Waals surface area contributed by atoms with Gasteiger partial charge in [0, 0.05) is 31.6 Å². The Labute approximate surface area is 109 Å². The maximum Gasteiger partial charge on any atom is 0.157 e. The van der Waals surface area contributed by atoms with E-state index in [9.17, 15) is 0 Å². The summed E-state index contributed by atoms with van der Waals surface area (Å²) in [7, 11) is 1.76. The Bertz CT molecular complexity index is 262. The first-order chi connectivity index (χ1) is 8.35. The molecular weight excluding hydrogens is 232 g/mol. The van der Waals surface area contributed by atoms with Crippen LogP contribution in [0.1, 0.15) is 44.9 Å². The van der Waals surface area contributed by atoms with E-state index in [1.54, 1.807) is 7.11 Å². The molecule has 4 heteroatoms. The Morgan fingerprint density at radius 2 is 2.12 bits per heavy atom. The maximum absolute atomic E-state index is 5.03. The summed E-state index contributed by atoms with van der Waals surface area (Å²) in [6, 6.07) is 0. The number of unbranched alkanes of at least 4 members (excludes halogenated alkanes) is 1. The summed E-state index contributed by atoms with van der Waals surface area (Å²) in [4.78, 5) is 4.66. The molecule has 2 aliphatic rings. The fraction of sp³-hybridized carbons (Fsp3) is 0.923. The molecule has 1 aliphatic heterocycles. The lowest BCUT2D eigenvalue weighted by Gasteiger charge is -2.32. The van der Waals surface area contributed by atoms with Crippen LogP contribution in [-0.4, -0.2) is 36.7 Å². The summed E-state index contributed by atoms with van der Waals surface area (Å²) < 4.78 is 5.03. The number of hydrogen-bond donors (Lipinski definition) is 1. The van der Waals surface area contributed by atoms with E-state index in [-0.39, 0.29) is 0 Å². The first kappa shape index (κ1) is 13.2. The SMILES string of the molecule is COCCCCN=C1NC2(CCCCC2)CS1. The molecule has 0 aromatic rings. The van der Waals surface area contributed by atoms with E-state index in [0.29, 0.717) is 5.54 Å². The van der Waals surface area contributed by atoms with E-state index in [1.165, 1.54) is 43.0 Å². The second-order valence-electron chi connectivity index (χ2n) is 5.14. The van der Waals surface area contributed by atoms with Gasteiger partial charge in [0.15, 0.2) is 5.17 Å². The highest BCUT2D eigenvalue weighted by molar-refractivity contribution is 8.14. The van der Waals surface area contributed by atoms with Crippen molar-refractivity contribution in [1.82, 2.24) is 5.32 Å². The van der Waals surface area contributed by atoms with Crippen LogP contribution >= 0.6 is 11.8 Å². The van der Waals surface area contributed by atoms with Crippen molar-refractivity contribution in [3.63, 3.8) is 0 Å². The van der Waals surface area contributed by atoms with Crippen LogP contribution in [0.4, 0.5) is 0 Å². The summed E-state index contributed by atoms with van der Waals surface area (Å²) in [5.74, 6) is 1.23. The smallest absolute Gasteiger partial charge is 0.157 e. The van der Waals surface area contributed by atoms with E-state index in [1.807, 2.05) is 11.8 Å². The van der Waals surface area contributed by atoms with Gasteiger partial charge in [-0.15, -0.1) is 0 Å². The van der Waals surface area contributed by atoms with Crippen molar-refractivity contribution < 1.29 is 4.74 Å². The largest absolute Gasteiger partial charge is 0.385 e. The number of amidine groups is 1. The molecule has 1 saturated carbocycles. The van der Waals surface area contributed by atoms with Crippen LogP contribution in [-0.2, 0) is 4.74 Å². The van der Waals surface area contributed by atoms with E-state index < -0.39 is 0 Å². The molecule has 1 aliphatic carbocycles. The van der Waals surface area contributed by atoms with Gasteiger partial charge in [0.1, 0.15) is 0 Å². The highest BCUT2D eigenvalue weighted by atomic mass is 32.2. The van der Waals surface area contributed by atoms with Gasteiger partial charge in [0.05, 0.1) is 0 Å². The zero-order valence-electron chi connectivity index (χ0n) is 10.8. The normalized spacial score (nSPS) is 25.4. The second kappa shape index (κ2) is 6.64. The second-order valence-corrected chi connectivity index (χ2v) is 6.11. The van der Waals surface area contributed by atoms with Gasteiger partial charge in [-0.25, -0.2) is 0 Å². The predicted octanol–water partition coefficient (Wildman–Crippen LogP) is 2.81. The van der Waals surface area contributed by atoms with E-state index in [4.69, 9.17) is 4.74 Å². The standard InChI is InChI=1S/C13H24N2OS/c1-16-10-6-5-9-14-12-15-13(11-17-12)7-3-2-4-8-13/h2-11H2,1H3,(H,14,15). The van der Waals surface area contributed by atoms with E-state index >= 15 is 0 Å². The highest BCUT2D eigenvalue weighted by Crippen LogP contribution is 2.36. The minimum atomic E-state index is 0.397. The molecule has 2 rings (SSSR count). The van der Waals surface area contributed by atoms with Crippen LogP contribution in [0.25, 0.3) is 0 Å². The summed E-state index contributed by atoms with van der Waals surface area (Å²) in [5.41, 5.74) is 0.397. The number of aliphatic imine (C=N–C) groups is 1. The van der Waals surface area contributed by atoms with Crippen LogP contribution in [0.3, 0.4) is 0 Å². The van der Waals surface area contributed by atoms with Gasteiger partial charge in [-0.05, 0) is 25.7 Å². The van der Waals surface area contributed by atoms with Crippen molar-refractivity contribution in [2.24, 2.45) is 4.99 Å². The summed E-state index contributed by atoms with van der Waals surface area (Å²) in [6.07, 6.45) is 9.10. The molecule has 1 N–H and O–H groups in total. The zero-order valence-corrected chi connectivity index (χ0v) is 11.7. The lowest BCUT2D eigenvalue weighted by molar-refractivity contribution is 0.193. The van der Waals surface area contributed by atoms with Crippen molar-refractivity contribution in [3.8, 4) is 0 Å². The average Bonchev–Trinajstić information content (AvgIpc) is 2.73. The Kier molecular flexibility index (Phi) is 5.16. The van der Waals surface area contributed by atoms with Crippen molar-refractivity contribution in [2.45, 2.75) is 50.5 Å². The van der Waals surface area contributed by atoms with Gasteiger partial charge in [0.2, 0.25) is 0 Å². The van der Waals surface area contributed by atoms with Crippen molar-refractivity contribution in [2.75, 3.05) is 26.0 Å². The topological polar surface area (TPSA) is 33.6 Å². The maximum atomic E-state index is 5.03. The molecule has 1 spiro atoms. The Morgan fingerprint density at radius 3 is 2.88 bits per heavy atom. The molecular formula is C13H24N2OS. The van der Waals surface area contributed by atoms with Gasteiger partial charge in [-0.1, -0.05) is 31.0 Å². The van der Waals surface area contributed by atoms with Crippen molar-refractivity contribution in [1.29, 1.82) is 0 Å². The molecule has 0 aromatic heterocycles. The minimum absolute atomic E-state index is 0.397. The van der Waals surface area contributed by atoms with Crippen LogP contribution < -0.4 is 5.32 Å². The molecule has 1 heterocycles. The molecule has 0 atom stereocenters. The van der Waals surface area contributed by atoms with E-state index in [0.717, 1.165) is 26.0 Å². The molecule has 3 nitrogen and oxygen atoms in total. The lowest BCUT2D eigenvalue weighted by atomic mass is 9.83. The quantitative estimate of drug-likeness (QED) is 0.768. The van der Waals surface area contributed by atoms with E-state index in [2.05, 4.69) is 10.3 Å². The third-order valence-corrected chi connectivity index (χ3v) is 4.88. The first-order valence-electron chi connectivity index (χ1n) is 6.79. The van der Waals surface area contributed by atoms with Crippen molar-refractivity contribution in [3.05, 3.63) is 0 Å². The summed E-state index contributed by atoms with van der Waals surface area (Å²) in [5, 5.41) is 4.86. The van der Waals surface area contributed by atoms with Crippen LogP contribution in [0, 0.1) is 0 Å². The molecule has 0 bridgehead atoms. The molecule has 0 radical (unpaired) electrons. The average molecular weight is 256 g/mol. The third-order valence-electron chi connectivity index (χ3n) is 3.68. The predicted molar refractivity (Wildman–Crippen MR) is 74.8 cm³/mol. The van der Waals surface area contributed by atoms with Crippen molar-refractivity contribution >= 4 is 16.9 Å². The molecule has 0 unspecified atom stereocenters. The number of rotatable bonds is 5. The van der Waals surface area contributed by atoms with Gasteiger partial charge >= 0.3 is 0 Å². The van der Waals surface area contributed by atoms with Gasteiger partial charge in [0.25, 0.3) is 0 Å². The van der Waals surface area contributed by atoms with Gasteiger partial charge in [-0.3, -0.25) is 4.99 Å². The molecule has 17 heavy (non-hydrogen) atoms. The number of ether oxygens (including phenoxy) is 1. The lowest BCUT2D eigenvalue weighted by Crippen LogP contribution is -2.45. The molecule has 0 amide bonds. The fourth-order valence-electron chi connectivity index (χ4n) is 2.63. The number of thioether (sulfide) groups is 1. The molecule has 1 saturated heterocycles. The zero-order chi connectivity index (χ0) is 12.0. The Balaban J connectivity index is 1.71. The monoisotopic (exact) mass is 256 g/mol. The Morgan fingerprint density at radius 1 is 1.29 bits per heavy atom. The summed E-state index contributed by atoms with van der Waals surface area (Å²) >= 11 is 1.92. The molecule has 2 fully saturated rings. The Hall–Kier alpha value is -0.220. The number of nitrogens with zero attached hydrogens (tertiary/aromatic N) is 1. The number of methoxy groups -OCH3 is 1. The molecule has 0 aromatic carbocycles. The number of nitrogens with one attached hydrogen (secondary N) is 1. The van der Waals surface area contributed by atoms with Crippen LogP contribution in [0.15, 0.2) is 4.99 Å². The van der Waals surface area contributed by atoms with Gasteiger partial charge < -0.3 is 10.1 Å². The summed E-state index contributed by atoms with van der Waals surface area (Å²) in [6.45, 7) is 1.80. The number of hydrogen-bond acceptors (Lipinski definition) is 3. The first-order valence-corrected chi connectivity index (χ1v) is 7.78. The highest BCUT2D eigenvalue weighted by Gasteiger charge is 2.37. The third kappa shape index (κ3) is 3.88.